The third-order valence-electron chi connectivity index (χ3n) is 3.95. The smallest absolute Gasteiger partial charge is 0.251 e. The lowest BCUT2D eigenvalue weighted by Crippen LogP contribution is -2.26. The van der Waals surface area contributed by atoms with Crippen LogP contribution in [0.15, 0.2) is 66.7 Å². The first-order chi connectivity index (χ1) is 11.2. The SMILES string of the molecule is C#Cc1ccc(C(=O)N[C@@H](C)c2cccc3ccccc23)cc1. The summed E-state index contributed by atoms with van der Waals surface area (Å²) in [6.45, 7) is 2.00. The molecule has 0 fully saturated rings. The summed E-state index contributed by atoms with van der Waals surface area (Å²) >= 11 is 0. The van der Waals surface area contributed by atoms with Crippen molar-refractivity contribution in [2.24, 2.45) is 0 Å². The minimum absolute atomic E-state index is 0.0825. The van der Waals surface area contributed by atoms with Gasteiger partial charge in [-0.25, -0.2) is 0 Å². The Morgan fingerprint density at radius 2 is 1.70 bits per heavy atom. The monoisotopic (exact) mass is 299 g/mol. The molecule has 0 radical (unpaired) electrons. The van der Waals surface area contributed by atoms with Gasteiger partial charge < -0.3 is 5.32 Å². The summed E-state index contributed by atoms with van der Waals surface area (Å²) in [5.41, 5.74) is 2.48. The lowest BCUT2D eigenvalue weighted by atomic mass is 9.99. The summed E-state index contributed by atoms with van der Waals surface area (Å²) in [5.74, 6) is 2.45. The second-order valence-electron chi connectivity index (χ2n) is 5.49. The van der Waals surface area contributed by atoms with E-state index >= 15 is 0 Å². The predicted octanol–water partition coefficient (Wildman–Crippen LogP) is 4.31. The van der Waals surface area contributed by atoms with Crippen LogP contribution in [0.4, 0.5) is 0 Å². The number of hydrogen-bond acceptors (Lipinski definition) is 1. The van der Waals surface area contributed by atoms with E-state index in [4.69, 9.17) is 6.42 Å². The zero-order chi connectivity index (χ0) is 16.2. The average molecular weight is 299 g/mol. The van der Waals surface area contributed by atoms with Gasteiger partial charge in [-0.05, 0) is 47.5 Å². The molecule has 0 saturated heterocycles. The summed E-state index contributed by atoms with van der Waals surface area (Å²) in [5, 5.41) is 5.38. The molecule has 2 heteroatoms. The van der Waals surface area contributed by atoms with E-state index in [1.54, 1.807) is 24.3 Å². The third kappa shape index (κ3) is 3.09. The number of carbonyl (C=O) groups is 1. The fraction of sp³-hybridized carbons (Fsp3) is 0.0952. The van der Waals surface area contributed by atoms with E-state index < -0.39 is 0 Å². The molecule has 1 atom stereocenters. The molecule has 0 spiro atoms. The highest BCUT2D eigenvalue weighted by atomic mass is 16.1. The van der Waals surface area contributed by atoms with Crippen molar-refractivity contribution in [3.8, 4) is 12.3 Å². The van der Waals surface area contributed by atoms with Crippen molar-refractivity contribution >= 4 is 16.7 Å². The number of hydrogen-bond donors (Lipinski definition) is 1. The van der Waals surface area contributed by atoms with Gasteiger partial charge >= 0.3 is 0 Å². The molecule has 112 valence electrons. The van der Waals surface area contributed by atoms with Crippen molar-refractivity contribution < 1.29 is 4.79 Å². The molecule has 0 heterocycles. The molecule has 23 heavy (non-hydrogen) atoms. The molecule has 1 amide bonds. The van der Waals surface area contributed by atoms with E-state index in [1.165, 1.54) is 5.39 Å². The van der Waals surface area contributed by atoms with E-state index in [1.807, 2.05) is 25.1 Å². The van der Waals surface area contributed by atoms with Crippen LogP contribution in [0.3, 0.4) is 0 Å². The maximum absolute atomic E-state index is 12.4. The lowest BCUT2D eigenvalue weighted by Gasteiger charge is -2.16. The standard InChI is InChI=1S/C21H17NO/c1-3-16-11-13-18(14-12-16)21(23)22-15(2)19-10-6-8-17-7-4-5-9-20(17)19/h1,4-15H,2H3,(H,22,23)/t15-/m0/s1. The maximum atomic E-state index is 12.4. The van der Waals surface area contributed by atoms with Gasteiger partial charge in [0.2, 0.25) is 0 Å². The number of terminal acetylenes is 1. The van der Waals surface area contributed by atoms with Gasteiger partial charge in [-0.2, -0.15) is 0 Å². The van der Waals surface area contributed by atoms with E-state index in [-0.39, 0.29) is 11.9 Å². The second-order valence-corrected chi connectivity index (χ2v) is 5.49. The van der Waals surface area contributed by atoms with Gasteiger partial charge in [0, 0.05) is 11.1 Å². The van der Waals surface area contributed by atoms with Gasteiger partial charge in [-0.1, -0.05) is 48.4 Å². The van der Waals surface area contributed by atoms with Gasteiger partial charge in [0.05, 0.1) is 6.04 Å². The van der Waals surface area contributed by atoms with Crippen LogP contribution in [-0.2, 0) is 0 Å². The highest BCUT2D eigenvalue weighted by Gasteiger charge is 2.13. The first kappa shape index (κ1) is 14.9. The maximum Gasteiger partial charge on any atom is 0.251 e. The van der Waals surface area contributed by atoms with E-state index in [2.05, 4.69) is 35.5 Å². The van der Waals surface area contributed by atoms with Gasteiger partial charge in [0.25, 0.3) is 5.91 Å². The zero-order valence-electron chi connectivity index (χ0n) is 12.9. The van der Waals surface area contributed by atoms with Gasteiger partial charge in [0.15, 0.2) is 0 Å². The Labute approximate surface area is 136 Å². The molecule has 0 aliphatic carbocycles. The van der Waals surface area contributed by atoms with E-state index in [0.717, 1.165) is 16.5 Å². The summed E-state index contributed by atoms with van der Waals surface area (Å²) in [4.78, 5) is 12.4. The quantitative estimate of drug-likeness (QED) is 0.717. The molecule has 2 nitrogen and oxygen atoms in total. The summed E-state index contributed by atoms with van der Waals surface area (Å²) in [7, 11) is 0. The summed E-state index contributed by atoms with van der Waals surface area (Å²) in [6, 6.07) is 21.3. The largest absolute Gasteiger partial charge is 0.345 e. The van der Waals surface area contributed by atoms with Crippen LogP contribution in [-0.4, -0.2) is 5.91 Å². The number of benzene rings is 3. The van der Waals surface area contributed by atoms with Crippen LogP contribution in [0.2, 0.25) is 0 Å². The van der Waals surface area contributed by atoms with Crippen LogP contribution in [0.5, 0.6) is 0 Å². The number of carbonyl (C=O) groups excluding carboxylic acids is 1. The van der Waals surface area contributed by atoms with Crippen LogP contribution < -0.4 is 5.32 Å². The highest BCUT2D eigenvalue weighted by Crippen LogP contribution is 2.24. The predicted molar refractivity (Wildman–Crippen MR) is 94.2 cm³/mol. The van der Waals surface area contributed by atoms with Gasteiger partial charge in [-0.15, -0.1) is 6.42 Å². The topological polar surface area (TPSA) is 29.1 Å². The molecular formula is C21H17NO. The number of nitrogens with one attached hydrogen (secondary N) is 1. The van der Waals surface area contributed by atoms with Gasteiger partial charge in [0.1, 0.15) is 0 Å². The van der Waals surface area contributed by atoms with E-state index in [0.29, 0.717) is 5.56 Å². The zero-order valence-corrected chi connectivity index (χ0v) is 12.9. The van der Waals surface area contributed by atoms with Crippen molar-refractivity contribution in [2.75, 3.05) is 0 Å². The summed E-state index contributed by atoms with van der Waals surface area (Å²) < 4.78 is 0. The molecule has 0 saturated carbocycles. The fourth-order valence-electron chi connectivity index (χ4n) is 2.70. The number of fused-ring (bicyclic) bond motifs is 1. The Balaban J connectivity index is 1.84. The highest BCUT2D eigenvalue weighted by molar-refractivity contribution is 5.95. The molecule has 1 N–H and O–H groups in total. The van der Waals surface area contributed by atoms with Crippen LogP contribution in [0.1, 0.15) is 34.5 Å². The molecule has 3 aromatic rings. The van der Waals surface area contributed by atoms with Crippen LogP contribution in [0.25, 0.3) is 10.8 Å². The van der Waals surface area contributed by atoms with Crippen molar-refractivity contribution in [1.82, 2.24) is 5.32 Å². The van der Waals surface area contributed by atoms with Gasteiger partial charge in [-0.3, -0.25) is 4.79 Å². The minimum atomic E-state index is -0.103. The van der Waals surface area contributed by atoms with Crippen molar-refractivity contribution in [1.29, 1.82) is 0 Å². The first-order valence-corrected chi connectivity index (χ1v) is 7.54. The normalized spacial score (nSPS) is 11.7. The molecule has 3 aromatic carbocycles. The fourth-order valence-corrected chi connectivity index (χ4v) is 2.70. The Morgan fingerprint density at radius 3 is 2.43 bits per heavy atom. The number of rotatable bonds is 3. The van der Waals surface area contributed by atoms with Crippen LogP contribution in [0, 0.1) is 12.3 Å². The molecule has 3 rings (SSSR count). The molecule has 0 unspecified atom stereocenters. The lowest BCUT2D eigenvalue weighted by molar-refractivity contribution is 0.0940. The summed E-state index contributed by atoms with van der Waals surface area (Å²) in [6.07, 6.45) is 5.34. The Bertz CT molecular complexity index is 882. The number of amides is 1. The Hall–Kier alpha value is -3.05. The first-order valence-electron chi connectivity index (χ1n) is 7.54. The molecule has 0 aromatic heterocycles. The second kappa shape index (κ2) is 6.37. The Kier molecular flexibility index (Phi) is 4.12. The van der Waals surface area contributed by atoms with E-state index in [9.17, 15) is 4.79 Å². The van der Waals surface area contributed by atoms with Crippen molar-refractivity contribution in [2.45, 2.75) is 13.0 Å². The minimum Gasteiger partial charge on any atom is -0.345 e. The molecule has 0 bridgehead atoms. The molecular weight excluding hydrogens is 282 g/mol. The van der Waals surface area contributed by atoms with Crippen molar-refractivity contribution in [3.05, 3.63) is 83.4 Å². The molecule has 0 aliphatic rings. The van der Waals surface area contributed by atoms with Crippen LogP contribution >= 0.6 is 0 Å². The van der Waals surface area contributed by atoms with Crippen molar-refractivity contribution in [3.63, 3.8) is 0 Å². The third-order valence-corrected chi connectivity index (χ3v) is 3.95. The molecule has 0 aliphatic heterocycles. The Morgan fingerprint density at radius 1 is 1.00 bits per heavy atom. The average Bonchev–Trinajstić information content (AvgIpc) is 2.61.